The average molecular weight is 304 g/mol. The first-order valence-electron chi connectivity index (χ1n) is 7.67. The summed E-state index contributed by atoms with van der Waals surface area (Å²) in [5.74, 6) is -1.28. The van der Waals surface area contributed by atoms with Crippen LogP contribution in [-0.4, -0.2) is 31.1 Å². The number of carbonyl (C=O) groups is 2. The zero-order valence-corrected chi connectivity index (χ0v) is 13.4. The Morgan fingerprint density at radius 1 is 1.18 bits per heavy atom. The average Bonchev–Trinajstić information content (AvgIpc) is 2.97. The molecule has 0 saturated carbocycles. The summed E-state index contributed by atoms with van der Waals surface area (Å²) in [6, 6.07) is 7.54. The molecule has 0 aliphatic carbocycles. The molecular weight excluding hydrogens is 280 g/mol. The number of rotatable bonds is 3. The van der Waals surface area contributed by atoms with Crippen molar-refractivity contribution in [2.24, 2.45) is 0 Å². The van der Waals surface area contributed by atoms with Gasteiger partial charge in [-0.05, 0) is 36.0 Å². The Morgan fingerprint density at radius 2 is 1.86 bits per heavy atom. The Hall–Kier alpha value is -1.88. The molecule has 1 aliphatic rings. The van der Waals surface area contributed by atoms with E-state index in [2.05, 4.69) is 31.4 Å². The summed E-state index contributed by atoms with van der Waals surface area (Å²) >= 11 is 0. The van der Waals surface area contributed by atoms with Gasteiger partial charge >= 0.3 is 11.8 Å². The summed E-state index contributed by atoms with van der Waals surface area (Å²) in [7, 11) is 0. The maximum absolute atomic E-state index is 11.8. The predicted molar refractivity (Wildman–Crippen MR) is 85.8 cm³/mol. The summed E-state index contributed by atoms with van der Waals surface area (Å²) < 4.78 is 5.40. The number of hydrogen-bond acceptors (Lipinski definition) is 3. The van der Waals surface area contributed by atoms with Gasteiger partial charge in [0, 0.05) is 18.8 Å². The molecule has 0 spiro atoms. The van der Waals surface area contributed by atoms with Gasteiger partial charge in [-0.3, -0.25) is 9.59 Å². The van der Waals surface area contributed by atoms with Gasteiger partial charge in [0.25, 0.3) is 0 Å². The quantitative estimate of drug-likeness (QED) is 0.841. The van der Waals surface area contributed by atoms with Crippen LogP contribution < -0.4 is 10.6 Å². The van der Waals surface area contributed by atoms with E-state index in [9.17, 15) is 9.59 Å². The Morgan fingerprint density at radius 3 is 2.41 bits per heavy atom. The van der Waals surface area contributed by atoms with Crippen molar-refractivity contribution >= 4 is 17.5 Å². The Kier molecular flexibility index (Phi) is 5.19. The second-order valence-corrected chi connectivity index (χ2v) is 6.63. The van der Waals surface area contributed by atoms with Crippen LogP contribution in [0.5, 0.6) is 0 Å². The number of anilines is 1. The molecule has 0 bridgehead atoms. The van der Waals surface area contributed by atoms with E-state index in [0.29, 0.717) is 12.2 Å². The molecule has 2 rings (SSSR count). The van der Waals surface area contributed by atoms with Gasteiger partial charge in [-0.25, -0.2) is 0 Å². The first-order chi connectivity index (χ1) is 10.4. The van der Waals surface area contributed by atoms with Crippen molar-refractivity contribution in [1.29, 1.82) is 0 Å². The first-order valence-corrected chi connectivity index (χ1v) is 7.67. The highest BCUT2D eigenvalue weighted by atomic mass is 16.5. The molecule has 1 aliphatic heterocycles. The smallest absolute Gasteiger partial charge is 0.313 e. The van der Waals surface area contributed by atoms with Crippen LogP contribution in [0.15, 0.2) is 24.3 Å². The SMILES string of the molecule is CC(C)(C)c1ccc(NC(=O)C(=O)NC[C@@H]2CCCO2)cc1. The molecule has 0 aromatic heterocycles. The predicted octanol–water partition coefficient (Wildman–Crippen LogP) is 2.22. The van der Waals surface area contributed by atoms with Crippen LogP contribution in [0.25, 0.3) is 0 Å². The van der Waals surface area contributed by atoms with Crippen LogP contribution in [0, 0.1) is 0 Å². The van der Waals surface area contributed by atoms with Crippen LogP contribution in [0.2, 0.25) is 0 Å². The van der Waals surface area contributed by atoms with Gasteiger partial charge < -0.3 is 15.4 Å². The molecule has 1 aromatic rings. The van der Waals surface area contributed by atoms with Crippen LogP contribution in [-0.2, 0) is 19.7 Å². The molecule has 120 valence electrons. The summed E-state index contributed by atoms with van der Waals surface area (Å²) in [6.07, 6.45) is 1.96. The lowest BCUT2D eigenvalue weighted by molar-refractivity contribution is -0.136. The zero-order chi connectivity index (χ0) is 16.2. The van der Waals surface area contributed by atoms with Crippen LogP contribution in [0.3, 0.4) is 0 Å². The van der Waals surface area contributed by atoms with Crippen molar-refractivity contribution in [2.45, 2.75) is 45.1 Å². The van der Waals surface area contributed by atoms with Gasteiger partial charge in [-0.15, -0.1) is 0 Å². The molecule has 2 amide bonds. The molecule has 5 heteroatoms. The molecule has 1 heterocycles. The molecule has 22 heavy (non-hydrogen) atoms. The monoisotopic (exact) mass is 304 g/mol. The van der Waals surface area contributed by atoms with E-state index in [1.165, 1.54) is 5.56 Å². The number of hydrogen-bond donors (Lipinski definition) is 2. The maximum atomic E-state index is 11.8. The summed E-state index contributed by atoms with van der Waals surface area (Å²) in [5.41, 5.74) is 1.85. The Labute approximate surface area is 131 Å². The van der Waals surface area contributed by atoms with E-state index >= 15 is 0 Å². The van der Waals surface area contributed by atoms with Crippen molar-refractivity contribution < 1.29 is 14.3 Å². The summed E-state index contributed by atoms with van der Waals surface area (Å²) in [5, 5.41) is 5.21. The van der Waals surface area contributed by atoms with Gasteiger partial charge in [0.15, 0.2) is 0 Å². The molecule has 1 fully saturated rings. The van der Waals surface area contributed by atoms with Crippen molar-refractivity contribution in [3.63, 3.8) is 0 Å². The van der Waals surface area contributed by atoms with Crippen LogP contribution >= 0.6 is 0 Å². The second kappa shape index (κ2) is 6.92. The standard InChI is InChI=1S/C17H24N2O3/c1-17(2,3)12-6-8-13(9-7-12)19-16(21)15(20)18-11-14-5-4-10-22-14/h6-9,14H,4-5,10-11H2,1-3H3,(H,18,20)(H,19,21)/t14-/m0/s1. The number of amides is 2. The van der Waals surface area contributed by atoms with Gasteiger partial charge in [-0.1, -0.05) is 32.9 Å². The van der Waals surface area contributed by atoms with Crippen molar-refractivity contribution in [3.05, 3.63) is 29.8 Å². The van der Waals surface area contributed by atoms with E-state index in [0.717, 1.165) is 19.4 Å². The topological polar surface area (TPSA) is 67.4 Å². The number of benzene rings is 1. The van der Waals surface area contributed by atoms with Crippen molar-refractivity contribution in [1.82, 2.24) is 5.32 Å². The third kappa shape index (κ3) is 4.56. The molecule has 1 saturated heterocycles. The van der Waals surface area contributed by atoms with E-state index in [1.54, 1.807) is 0 Å². The molecule has 0 radical (unpaired) electrons. The van der Waals surface area contributed by atoms with E-state index < -0.39 is 11.8 Å². The normalized spacial score (nSPS) is 18.0. The van der Waals surface area contributed by atoms with E-state index in [-0.39, 0.29) is 11.5 Å². The number of carbonyl (C=O) groups excluding carboxylic acids is 2. The lowest BCUT2D eigenvalue weighted by Crippen LogP contribution is -2.39. The number of nitrogens with one attached hydrogen (secondary N) is 2. The number of ether oxygens (including phenoxy) is 1. The highest BCUT2D eigenvalue weighted by Crippen LogP contribution is 2.23. The van der Waals surface area contributed by atoms with Crippen molar-refractivity contribution in [2.75, 3.05) is 18.5 Å². The zero-order valence-electron chi connectivity index (χ0n) is 13.4. The lowest BCUT2D eigenvalue weighted by Gasteiger charge is -2.19. The molecule has 1 aromatic carbocycles. The highest BCUT2D eigenvalue weighted by Gasteiger charge is 2.19. The van der Waals surface area contributed by atoms with Gasteiger partial charge in [0.05, 0.1) is 6.10 Å². The van der Waals surface area contributed by atoms with E-state index in [1.807, 2.05) is 24.3 Å². The Balaban J connectivity index is 1.84. The largest absolute Gasteiger partial charge is 0.376 e. The third-order valence-electron chi connectivity index (χ3n) is 3.73. The molecule has 0 unspecified atom stereocenters. The van der Waals surface area contributed by atoms with Crippen LogP contribution in [0.4, 0.5) is 5.69 Å². The molecular formula is C17H24N2O3. The summed E-state index contributed by atoms with van der Waals surface area (Å²) in [4.78, 5) is 23.6. The van der Waals surface area contributed by atoms with Gasteiger partial charge in [0.2, 0.25) is 0 Å². The minimum atomic E-state index is -0.651. The highest BCUT2D eigenvalue weighted by molar-refractivity contribution is 6.39. The van der Waals surface area contributed by atoms with Crippen LogP contribution in [0.1, 0.15) is 39.2 Å². The summed E-state index contributed by atoms with van der Waals surface area (Å²) in [6.45, 7) is 7.49. The van der Waals surface area contributed by atoms with Gasteiger partial charge in [0.1, 0.15) is 0 Å². The fraction of sp³-hybridized carbons (Fsp3) is 0.529. The van der Waals surface area contributed by atoms with Crippen molar-refractivity contribution in [3.8, 4) is 0 Å². The Bertz CT molecular complexity index is 526. The fourth-order valence-corrected chi connectivity index (χ4v) is 2.33. The molecule has 1 atom stereocenters. The second-order valence-electron chi connectivity index (χ2n) is 6.63. The first kappa shape index (κ1) is 16.5. The van der Waals surface area contributed by atoms with Gasteiger partial charge in [-0.2, -0.15) is 0 Å². The lowest BCUT2D eigenvalue weighted by atomic mass is 9.87. The minimum Gasteiger partial charge on any atom is -0.376 e. The molecule has 2 N–H and O–H groups in total. The minimum absolute atomic E-state index is 0.0304. The fourth-order valence-electron chi connectivity index (χ4n) is 2.33. The maximum Gasteiger partial charge on any atom is 0.313 e. The third-order valence-corrected chi connectivity index (χ3v) is 3.73. The van der Waals surface area contributed by atoms with E-state index in [4.69, 9.17) is 4.74 Å². The molecule has 5 nitrogen and oxygen atoms in total.